The van der Waals surface area contributed by atoms with Crippen LogP contribution >= 0.6 is 0 Å². The van der Waals surface area contributed by atoms with Gasteiger partial charge in [0.25, 0.3) is 16.0 Å². The summed E-state index contributed by atoms with van der Waals surface area (Å²) >= 11 is 0. The Morgan fingerprint density at radius 3 is 2.58 bits per heavy atom. The number of carbonyl (C=O) groups is 1. The number of nitrogens with zero attached hydrogens (tertiary/aromatic N) is 1. The number of hydrogen-bond acceptors (Lipinski definition) is 7. The van der Waals surface area contributed by atoms with Crippen LogP contribution in [0, 0.1) is 0 Å². The zero-order valence-electron chi connectivity index (χ0n) is 21.1. The summed E-state index contributed by atoms with van der Waals surface area (Å²) in [6, 6.07) is 20.5. The van der Waals surface area contributed by atoms with Crippen molar-refractivity contribution in [3.63, 3.8) is 0 Å². The molecule has 200 valence electrons. The topological polar surface area (TPSA) is 131 Å². The Kier molecular flexibility index (Phi) is 8.98. The summed E-state index contributed by atoms with van der Waals surface area (Å²) in [5.41, 5.74) is 2.92. The number of furan rings is 1. The number of unbranched alkanes of at least 4 members (excludes halogenated alkanes) is 1. The van der Waals surface area contributed by atoms with E-state index < -0.39 is 21.8 Å². The third-order valence-corrected chi connectivity index (χ3v) is 6.67. The third kappa shape index (κ3) is 7.80. The number of rotatable bonds is 13. The second kappa shape index (κ2) is 12.6. The van der Waals surface area contributed by atoms with Crippen LogP contribution in [0.25, 0.3) is 22.3 Å². The van der Waals surface area contributed by atoms with Gasteiger partial charge in [0.15, 0.2) is 0 Å². The van der Waals surface area contributed by atoms with E-state index in [2.05, 4.69) is 22.5 Å². The molecule has 0 radical (unpaired) electrons. The van der Waals surface area contributed by atoms with Crippen molar-refractivity contribution >= 4 is 32.7 Å². The van der Waals surface area contributed by atoms with E-state index in [0.717, 1.165) is 47.2 Å². The number of para-hydroxylation sites is 1. The molecule has 0 aliphatic heterocycles. The molecule has 2 aromatic carbocycles. The number of benzene rings is 2. The van der Waals surface area contributed by atoms with Crippen LogP contribution in [-0.2, 0) is 10.1 Å². The molecule has 4 aromatic rings. The van der Waals surface area contributed by atoms with Crippen molar-refractivity contribution in [1.82, 2.24) is 10.3 Å². The molecule has 0 fully saturated rings. The van der Waals surface area contributed by atoms with Gasteiger partial charge in [-0.2, -0.15) is 8.42 Å². The first kappa shape index (κ1) is 27.2. The summed E-state index contributed by atoms with van der Waals surface area (Å²) in [6.45, 7) is 2.38. The van der Waals surface area contributed by atoms with Crippen molar-refractivity contribution < 1.29 is 26.9 Å². The van der Waals surface area contributed by atoms with Gasteiger partial charge in [-0.15, -0.1) is 0 Å². The second-order valence-electron chi connectivity index (χ2n) is 8.95. The number of carbonyl (C=O) groups excluding carboxylic acids is 1. The molecule has 10 heteroatoms. The summed E-state index contributed by atoms with van der Waals surface area (Å²) in [6.07, 6.45) is 4.70. The molecular weight excluding hydrogens is 506 g/mol. The molecule has 1 atom stereocenters. The minimum absolute atomic E-state index is 0.0289. The highest BCUT2D eigenvalue weighted by Gasteiger charge is 2.13. The van der Waals surface area contributed by atoms with E-state index >= 15 is 0 Å². The zero-order chi connectivity index (χ0) is 27.0. The van der Waals surface area contributed by atoms with Crippen molar-refractivity contribution in [3.05, 3.63) is 78.5 Å². The molecule has 0 saturated carbocycles. The lowest BCUT2D eigenvalue weighted by molar-refractivity contribution is 0.0956. The Morgan fingerprint density at radius 2 is 1.89 bits per heavy atom. The van der Waals surface area contributed by atoms with Crippen molar-refractivity contribution in [3.8, 4) is 17.2 Å². The van der Waals surface area contributed by atoms with Crippen molar-refractivity contribution in [2.24, 2.45) is 0 Å². The average molecular weight is 538 g/mol. The summed E-state index contributed by atoms with van der Waals surface area (Å²) in [5.74, 6) is 0.325. The van der Waals surface area contributed by atoms with Gasteiger partial charge in [0.2, 0.25) is 5.88 Å². The second-order valence-corrected chi connectivity index (χ2v) is 10.5. The highest BCUT2D eigenvalue weighted by Crippen LogP contribution is 2.28. The van der Waals surface area contributed by atoms with E-state index in [1.165, 1.54) is 0 Å². The molecule has 4 rings (SSSR count). The van der Waals surface area contributed by atoms with Gasteiger partial charge in [-0.05, 0) is 48.9 Å². The Balaban J connectivity index is 1.33. The predicted octanol–water partition coefficient (Wildman–Crippen LogP) is 5.16. The molecule has 0 spiro atoms. The number of pyridine rings is 1. The van der Waals surface area contributed by atoms with Crippen LogP contribution in [0.2, 0.25) is 0 Å². The zero-order valence-corrected chi connectivity index (χ0v) is 21.9. The number of ether oxygens (including phenoxy) is 1. The fraction of sp³-hybridized carbons (Fsp3) is 0.286. The van der Waals surface area contributed by atoms with Crippen LogP contribution in [0.5, 0.6) is 5.88 Å². The molecule has 0 unspecified atom stereocenters. The lowest BCUT2D eigenvalue weighted by Crippen LogP contribution is -2.29. The first-order valence-corrected chi connectivity index (χ1v) is 14.1. The van der Waals surface area contributed by atoms with Crippen LogP contribution in [0.1, 0.15) is 36.5 Å². The van der Waals surface area contributed by atoms with E-state index in [1.54, 1.807) is 30.5 Å². The first-order chi connectivity index (χ1) is 18.3. The van der Waals surface area contributed by atoms with Crippen molar-refractivity contribution in [2.45, 2.75) is 32.2 Å². The summed E-state index contributed by atoms with van der Waals surface area (Å²) in [7, 11) is -4.12. The first-order valence-electron chi connectivity index (χ1n) is 12.5. The maximum Gasteiger partial charge on any atom is 0.266 e. The van der Waals surface area contributed by atoms with Gasteiger partial charge in [0.1, 0.15) is 18.0 Å². The van der Waals surface area contributed by atoms with Crippen LogP contribution in [0.4, 0.5) is 5.69 Å². The Morgan fingerprint density at radius 1 is 1.11 bits per heavy atom. The Labute approximate surface area is 222 Å². The van der Waals surface area contributed by atoms with Crippen LogP contribution < -0.4 is 15.4 Å². The Hall–Kier alpha value is -3.89. The lowest BCUT2D eigenvalue weighted by Gasteiger charge is -2.20. The molecule has 0 bridgehead atoms. The quantitative estimate of drug-likeness (QED) is 0.199. The van der Waals surface area contributed by atoms with Crippen LogP contribution in [0.15, 0.2) is 77.3 Å². The minimum atomic E-state index is -4.12. The summed E-state index contributed by atoms with van der Waals surface area (Å²) in [5, 5.41) is 6.97. The van der Waals surface area contributed by atoms with Gasteiger partial charge in [-0.3, -0.25) is 9.35 Å². The van der Waals surface area contributed by atoms with Gasteiger partial charge in [-0.1, -0.05) is 38.0 Å². The van der Waals surface area contributed by atoms with Gasteiger partial charge in [0, 0.05) is 41.0 Å². The monoisotopic (exact) mass is 537 g/mol. The number of anilines is 1. The lowest BCUT2D eigenvalue weighted by atomic mass is 10.1. The molecule has 0 aliphatic carbocycles. The van der Waals surface area contributed by atoms with Gasteiger partial charge in [-0.25, -0.2) is 4.98 Å². The molecule has 1 amide bonds. The van der Waals surface area contributed by atoms with Gasteiger partial charge >= 0.3 is 0 Å². The van der Waals surface area contributed by atoms with E-state index in [4.69, 9.17) is 13.7 Å². The normalized spacial score (nSPS) is 12.3. The summed E-state index contributed by atoms with van der Waals surface area (Å²) < 4.78 is 42.3. The number of hydrogen-bond donors (Lipinski definition) is 3. The predicted molar refractivity (Wildman–Crippen MR) is 147 cm³/mol. The average Bonchev–Trinajstić information content (AvgIpc) is 3.34. The highest BCUT2D eigenvalue weighted by molar-refractivity contribution is 7.85. The van der Waals surface area contributed by atoms with Gasteiger partial charge < -0.3 is 19.8 Å². The smallest absolute Gasteiger partial charge is 0.266 e. The molecule has 2 heterocycles. The number of nitrogens with one attached hydrogen (secondary N) is 2. The molecule has 9 nitrogen and oxygen atoms in total. The van der Waals surface area contributed by atoms with E-state index in [1.807, 2.05) is 42.5 Å². The minimum Gasteiger partial charge on any atom is -0.475 e. The van der Waals surface area contributed by atoms with Gasteiger partial charge in [0.05, 0.1) is 11.8 Å². The van der Waals surface area contributed by atoms with Crippen molar-refractivity contribution in [1.29, 1.82) is 0 Å². The molecule has 2 aromatic heterocycles. The largest absolute Gasteiger partial charge is 0.475 e. The maximum absolute atomic E-state index is 12.2. The highest BCUT2D eigenvalue weighted by atomic mass is 32.2. The summed E-state index contributed by atoms with van der Waals surface area (Å²) in [4.78, 5) is 16.6. The molecule has 0 aliphatic rings. The number of aromatic nitrogens is 1. The maximum atomic E-state index is 12.2. The van der Waals surface area contributed by atoms with Crippen LogP contribution in [-0.4, -0.2) is 48.8 Å². The molecular formula is C28H31N3O6S. The molecule has 3 N–H and O–H groups in total. The fourth-order valence-electron chi connectivity index (χ4n) is 3.92. The standard InChI is InChI=1S/C28H31N3O6S/c1-2-3-7-24(31-23-12-9-20(10-13-23)28(32)29-15-16-38(33,34)35)19-36-27-14-11-22(18-30-27)26-17-21-6-4-5-8-25(21)37-26/h4-6,8-14,17-18,24,31H,2-3,7,15-16,19H2,1H3,(H,29,32)(H,33,34,35)/t24-/m0/s1. The van der Waals surface area contributed by atoms with Crippen LogP contribution in [0.3, 0.4) is 0 Å². The third-order valence-electron chi connectivity index (χ3n) is 5.95. The SMILES string of the molecule is CCCC[C@@H](COc1ccc(-c2cc3ccccc3o2)cn1)Nc1ccc(C(=O)NCCS(=O)(=O)O)cc1. The van der Waals surface area contributed by atoms with E-state index in [9.17, 15) is 13.2 Å². The number of fused-ring (bicyclic) bond motifs is 1. The van der Waals surface area contributed by atoms with E-state index in [0.29, 0.717) is 18.1 Å². The fourth-order valence-corrected chi connectivity index (χ4v) is 4.28. The molecule has 38 heavy (non-hydrogen) atoms. The Bertz CT molecular complexity index is 1420. The van der Waals surface area contributed by atoms with Crippen molar-refractivity contribution in [2.75, 3.05) is 24.2 Å². The molecule has 0 saturated heterocycles. The van der Waals surface area contributed by atoms with E-state index in [-0.39, 0.29) is 12.6 Å². The number of amides is 1.